The lowest BCUT2D eigenvalue weighted by atomic mass is 9.92. The molecule has 0 amide bonds. The van der Waals surface area contributed by atoms with E-state index in [0.717, 1.165) is 48.7 Å². The van der Waals surface area contributed by atoms with Crippen LogP contribution in [0.25, 0.3) is 5.69 Å². The molecule has 1 atom stereocenters. The third-order valence-corrected chi connectivity index (χ3v) is 6.02. The van der Waals surface area contributed by atoms with Crippen molar-refractivity contribution in [1.29, 1.82) is 0 Å². The number of aromatic nitrogens is 2. The molecule has 0 spiro atoms. The Morgan fingerprint density at radius 1 is 1.16 bits per heavy atom. The van der Waals surface area contributed by atoms with E-state index in [1.807, 2.05) is 30.4 Å². The van der Waals surface area contributed by atoms with Gasteiger partial charge in [0.2, 0.25) is 0 Å². The number of methoxy groups -OCH3 is 1. The minimum Gasteiger partial charge on any atom is -0.494 e. The van der Waals surface area contributed by atoms with E-state index >= 15 is 0 Å². The molecule has 158 valence electrons. The summed E-state index contributed by atoms with van der Waals surface area (Å²) >= 11 is 0. The highest BCUT2D eigenvalue weighted by Crippen LogP contribution is 2.34. The zero-order valence-electron chi connectivity index (χ0n) is 18.0. The smallest absolute Gasteiger partial charge is 0.144 e. The number of hydrogen-bond donors (Lipinski definition) is 1. The van der Waals surface area contributed by atoms with Gasteiger partial charge >= 0.3 is 0 Å². The van der Waals surface area contributed by atoms with Gasteiger partial charge in [-0.1, -0.05) is 30.3 Å². The summed E-state index contributed by atoms with van der Waals surface area (Å²) in [5.41, 5.74) is 6.89. The molecule has 0 radical (unpaired) electrons. The summed E-state index contributed by atoms with van der Waals surface area (Å²) in [6.45, 7) is 3.87. The van der Waals surface area contributed by atoms with Gasteiger partial charge in [-0.2, -0.15) is 0 Å². The Kier molecular flexibility index (Phi) is 5.30. The van der Waals surface area contributed by atoms with Gasteiger partial charge in [-0.05, 0) is 43.2 Å². The van der Waals surface area contributed by atoms with Crippen molar-refractivity contribution in [2.45, 2.75) is 25.8 Å². The fraction of sp³-hybridized carbons (Fsp3) is 0.280. The first-order valence-electron chi connectivity index (χ1n) is 10.7. The van der Waals surface area contributed by atoms with Gasteiger partial charge in [0.05, 0.1) is 37.2 Å². The first kappa shape index (κ1) is 19.6. The van der Waals surface area contributed by atoms with E-state index in [4.69, 9.17) is 9.73 Å². The summed E-state index contributed by atoms with van der Waals surface area (Å²) in [5, 5.41) is 3.53. The predicted octanol–water partition coefficient (Wildman–Crippen LogP) is 3.90. The number of rotatable bonds is 5. The molecule has 2 aliphatic rings. The molecule has 1 fully saturated rings. The Labute approximate surface area is 182 Å². The lowest BCUT2D eigenvalue weighted by Gasteiger charge is -2.39. The van der Waals surface area contributed by atoms with Crippen LogP contribution in [0.1, 0.15) is 17.7 Å². The number of piperidine rings is 1. The second-order valence-electron chi connectivity index (χ2n) is 8.05. The molecule has 5 rings (SSSR count). The molecule has 0 bridgehead atoms. The van der Waals surface area contributed by atoms with Crippen LogP contribution in [-0.4, -0.2) is 42.1 Å². The second-order valence-corrected chi connectivity index (χ2v) is 8.05. The Morgan fingerprint density at radius 3 is 2.81 bits per heavy atom. The molecular weight excluding hydrogens is 386 g/mol. The quantitative estimate of drug-likeness (QED) is 0.689. The number of nitrogens with one attached hydrogen (secondary N) is 1. The van der Waals surface area contributed by atoms with E-state index in [2.05, 4.69) is 63.7 Å². The molecule has 0 saturated carbocycles. The summed E-state index contributed by atoms with van der Waals surface area (Å²) in [4.78, 5) is 11.5. The number of benzene rings is 2. The van der Waals surface area contributed by atoms with Crippen LogP contribution in [0.5, 0.6) is 5.75 Å². The Bertz CT molecular complexity index is 1130. The monoisotopic (exact) mass is 413 g/mol. The van der Waals surface area contributed by atoms with E-state index < -0.39 is 0 Å². The average Bonchev–Trinajstić information content (AvgIpc) is 3.25. The number of aryl methyl sites for hydroxylation is 1. The first-order chi connectivity index (χ1) is 15.2. The molecule has 1 N–H and O–H groups in total. The van der Waals surface area contributed by atoms with E-state index in [0.29, 0.717) is 6.04 Å². The predicted molar refractivity (Wildman–Crippen MR) is 124 cm³/mol. The van der Waals surface area contributed by atoms with Crippen LogP contribution in [0.2, 0.25) is 0 Å². The Balaban J connectivity index is 1.46. The topological polar surface area (TPSA) is 54.7 Å². The van der Waals surface area contributed by atoms with Gasteiger partial charge in [-0.3, -0.25) is 0 Å². The van der Waals surface area contributed by atoms with Crippen molar-refractivity contribution >= 4 is 12.0 Å². The first-order valence-corrected chi connectivity index (χ1v) is 10.7. The van der Waals surface area contributed by atoms with Crippen molar-refractivity contribution in [1.82, 2.24) is 14.9 Å². The Morgan fingerprint density at radius 2 is 2.03 bits per heavy atom. The number of ether oxygens (including phenoxy) is 1. The molecule has 0 aliphatic carbocycles. The fourth-order valence-electron chi connectivity index (χ4n) is 4.44. The van der Waals surface area contributed by atoms with Gasteiger partial charge in [0.15, 0.2) is 0 Å². The average molecular weight is 414 g/mol. The van der Waals surface area contributed by atoms with Crippen molar-refractivity contribution in [3.8, 4) is 11.4 Å². The van der Waals surface area contributed by atoms with Crippen LogP contribution in [-0.2, 0) is 6.42 Å². The van der Waals surface area contributed by atoms with Crippen molar-refractivity contribution in [2.24, 2.45) is 4.99 Å². The van der Waals surface area contributed by atoms with Gasteiger partial charge in [0, 0.05) is 36.6 Å². The number of aliphatic imine (C=N–C) groups is 1. The van der Waals surface area contributed by atoms with E-state index in [1.54, 1.807) is 7.11 Å². The van der Waals surface area contributed by atoms with Gasteiger partial charge < -0.3 is 19.5 Å². The van der Waals surface area contributed by atoms with Gasteiger partial charge in [0.1, 0.15) is 5.75 Å². The lowest BCUT2D eigenvalue weighted by Crippen LogP contribution is -2.47. The van der Waals surface area contributed by atoms with Crippen LogP contribution in [0.15, 0.2) is 77.3 Å². The second kappa shape index (κ2) is 8.40. The van der Waals surface area contributed by atoms with Crippen LogP contribution in [0.4, 0.5) is 5.69 Å². The minimum atomic E-state index is 0.309. The number of hydrogen-bond acceptors (Lipinski definition) is 5. The molecule has 1 unspecified atom stereocenters. The third kappa shape index (κ3) is 3.86. The van der Waals surface area contributed by atoms with Crippen molar-refractivity contribution in [3.05, 3.63) is 83.6 Å². The van der Waals surface area contributed by atoms with Crippen LogP contribution < -0.4 is 15.0 Å². The molecule has 1 aromatic heterocycles. The zero-order chi connectivity index (χ0) is 21.2. The molecule has 1 saturated heterocycles. The fourth-order valence-corrected chi connectivity index (χ4v) is 4.44. The number of imidazole rings is 1. The summed E-state index contributed by atoms with van der Waals surface area (Å²) in [7, 11) is 1.71. The SMILES string of the molecule is COc1cc(N2C=NC(Cc3ccccc3)=C3CNCCC32)ccc1-n1cnc(C)c1. The number of nitrogens with zero attached hydrogens (tertiary/aromatic N) is 4. The molecule has 2 aromatic carbocycles. The molecule has 6 heteroatoms. The highest BCUT2D eigenvalue weighted by Gasteiger charge is 2.30. The minimum absolute atomic E-state index is 0.309. The summed E-state index contributed by atoms with van der Waals surface area (Å²) < 4.78 is 7.73. The Hall–Kier alpha value is -3.38. The maximum absolute atomic E-state index is 5.73. The normalized spacial score (nSPS) is 18.3. The molecule has 2 aliphatic heterocycles. The van der Waals surface area contributed by atoms with Gasteiger partial charge in [-0.15, -0.1) is 0 Å². The standard InChI is InChI=1S/C25H27N5O/c1-18-15-29(16-27-18)24-9-8-20(13-25(24)31-2)30-17-28-22(12-19-6-4-3-5-7-19)21-14-26-11-10-23(21)30/h3-9,13,15-17,23,26H,10-12,14H2,1-2H3. The van der Waals surface area contributed by atoms with Crippen LogP contribution >= 0.6 is 0 Å². The van der Waals surface area contributed by atoms with E-state index in [9.17, 15) is 0 Å². The number of allylic oxidation sites excluding steroid dienone is 1. The van der Waals surface area contributed by atoms with E-state index in [-0.39, 0.29) is 0 Å². The van der Waals surface area contributed by atoms with Gasteiger partial charge in [-0.25, -0.2) is 9.98 Å². The highest BCUT2D eigenvalue weighted by molar-refractivity contribution is 5.84. The van der Waals surface area contributed by atoms with Crippen LogP contribution in [0.3, 0.4) is 0 Å². The van der Waals surface area contributed by atoms with Gasteiger partial charge in [0.25, 0.3) is 0 Å². The van der Waals surface area contributed by atoms with Crippen LogP contribution in [0, 0.1) is 6.92 Å². The lowest BCUT2D eigenvalue weighted by molar-refractivity contribution is 0.413. The zero-order valence-corrected chi connectivity index (χ0v) is 18.0. The number of fused-ring (bicyclic) bond motifs is 1. The summed E-state index contributed by atoms with van der Waals surface area (Å²) in [6, 6.07) is 17.2. The third-order valence-electron chi connectivity index (χ3n) is 6.02. The van der Waals surface area contributed by atoms with Crippen molar-refractivity contribution < 1.29 is 4.74 Å². The largest absolute Gasteiger partial charge is 0.494 e. The number of anilines is 1. The van der Waals surface area contributed by atoms with Crippen molar-refractivity contribution in [3.63, 3.8) is 0 Å². The highest BCUT2D eigenvalue weighted by atomic mass is 16.5. The summed E-state index contributed by atoms with van der Waals surface area (Å²) in [5.74, 6) is 0.817. The molecule has 3 heterocycles. The molecule has 3 aromatic rings. The molecular formula is C25H27N5O. The molecule has 6 nitrogen and oxygen atoms in total. The maximum atomic E-state index is 5.73. The van der Waals surface area contributed by atoms with E-state index in [1.165, 1.54) is 16.8 Å². The maximum Gasteiger partial charge on any atom is 0.144 e. The van der Waals surface area contributed by atoms with Crippen molar-refractivity contribution in [2.75, 3.05) is 25.1 Å². The molecule has 31 heavy (non-hydrogen) atoms. The summed E-state index contributed by atoms with van der Waals surface area (Å²) in [6.07, 6.45) is 7.72.